The Morgan fingerprint density at radius 2 is 2.40 bits per heavy atom. The van der Waals surface area contributed by atoms with Crippen molar-refractivity contribution in [2.45, 2.75) is 38.1 Å². The van der Waals surface area contributed by atoms with Gasteiger partial charge in [0, 0.05) is 25.2 Å². The molecule has 0 unspecified atom stereocenters. The molecule has 0 bridgehead atoms. The van der Waals surface area contributed by atoms with Gasteiger partial charge in [0.15, 0.2) is 0 Å². The molecule has 0 aromatic carbocycles. The molecule has 1 saturated carbocycles. The summed E-state index contributed by atoms with van der Waals surface area (Å²) >= 11 is 0. The van der Waals surface area contributed by atoms with Crippen LogP contribution in [0.4, 0.5) is 0 Å². The molecule has 0 saturated heterocycles. The molecule has 0 aliphatic heterocycles. The highest BCUT2D eigenvalue weighted by Gasteiger charge is 2.22. The maximum atomic E-state index is 12.2. The van der Waals surface area contributed by atoms with Crippen molar-refractivity contribution in [1.29, 1.82) is 0 Å². The van der Waals surface area contributed by atoms with Gasteiger partial charge in [-0.1, -0.05) is 0 Å². The van der Waals surface area contributed by atoms with Crippen molar-refractivity contribution in [3.05, 3.63) is 36.2 Å². The summed E-state index contributed by atoms with van der Waals surface area (Å²) in [5.41, 5.74) is 0.773. The van der Waals surface area contributed by atoms with E-state index in [4.69, 9.17) is 0 Å². The number of H-pyrrole nitrogens is 1. The Morgan fingerprint density at radius 1 is 1.50 bits per heavy atom. The number of carbonyl (C=O) groups excluding carboxylic acids is 1. The van der Waals surface area contributed by atoms with Gasteiger partial charge in [0.2, 0.25) is 0 Å². The zero-order chi connectivity index (χ0) is 13.8. The molecule has 0 spiro atoms. The summed E-state index contributed by atoms with van der Waals surface area (Å²) in [7, 11) is 0. The van der Waals surface area contributed by atoms with E-state index in [0.29, 0.717) is 12.6 Å². The first kappa shape index (κ1) is 12.9. The molecule has 1 fully saturated rings. The van der Waals surface area contributed by atoms with E-state index in [1.165, 1.54) is 25.6 Å². The number of aryl methyl sites for hydroxylation is 1. The number of aromatic nitrogens is 4. The molecule has 1 aliphatic rings. The third-order valence-corrected chi connectivity index (χ3v) is 3.82. The van der Waals surface area contributed by atoms with Crippen LogP contribution in [-0.4, -0.2) is 32.2 Å². The van der Waals surface area contributed by atoms with E-state index in [0.717, 1.165) is 24.4 Å². The molecule has 106 valence electrons. The predicted molar refractivity (Wildman–Crippen MR) is 74.4 cm³/mol. The van der Waals surface area contributed by atoms with Crippen LogP contribution >= 0.6 is 0 Å². The second-order valence-corrected chi connectivity index (χ2v) is 5.18. The van der Waals surface area contributed by atoms with Crippen molar-refractivity contribution in [1.82, 2.24) is 25.1 Å². The van der Waals surface area contributed by atoms with Gasteiger partial charge in [-0.15, -0.1) is 0 Å². The van der Waals surface area contributed by atoms with Gasteiger partial charge in [-0.2, -0.15) is 5.10 Å². The molecule has 20 heavy (non-hydrogen) atoms. The summed E-state index contributed by atoms with van der Waals surface area (Å²) in [4.78, 5) is 16.2. The van der Waals surface area contributed by atoms with E-state index < -0.39 is 0 Å². The topological polar surface area (TPSA) is 75.6 Å². The number of rotatable bonds is 6. The van der Waals surface area contributed by atoms with E-state index in [2.05, 4.69) is 25.1 Å². The predicted octanol–water partition coefficient (Wildman–Crippen LogP) is 1.69. The van der Waals surface area contributed by atoms with E-state index in [9.17, 15) is 4.79 Å². The van der Waals surface area contributed by atoms with E-state index in [1.807, 2.05) is 18.3 Å². The van der Waals surface area contributed by atoms with Crippen molar-refractivity contribution < 1.29 is 4.79 Å². The highest BCUT2D eigenvalue weighted by molar-refractivity contribution is 5.92. The summed E-state index contributed by atoms with van der Waals surface area (Å²) in [5, 5.41) is 9.58. The molecule has 2 aromatic rings. The van der Waals surface area contributed by atoms with Gasteiger partial charge in [0.25, 0.3) is 5.91 Å². The lowest BCUT2D eigenvalue weighted by Gasteiger charge is -2.28. The largest absolute Gasteiger partial charge is 0.351 e. The molecule has 0 atom stereocenters. The lowest BCUT2D eigenvalue weighted by molar-refractivity contribution is 0.0938. The van der Waals surface area contributed by atoms with Crippen LogP contribution in [0.5, 0.6) is 0 Å². The van der Waals surface area contributed by atoms with Gasteiger partial charge in [-0.3, -0.25) is 9.89 Å². The zero-order valence-corrected chi connectivity index (χ0v) is 11.4. The summed E-state index contributed by atoms with van der Waals surface area (Å²) in [5.74, 6) is 0.872. The Morgan fingerprint density at radius 3 is 3.10 bits per heavy atom. The van der Waals surface area contributed by atoms with Crippen molar-refractivity contribution in [3.8, 4) is 0 Å². The first-order valence-electron chi connectivity index (χ1n) is 7.14. The fourth-order valence-corrected chi connectivity index (χ4v) is 2.47. The molecular weight excluding hydrogens is 254 g/mol. The number of hydrogen-bond acceptors (Lipinski definition) is 3. The van der Waals surface area contributed by atoms with Gasteiger partial charge < -0.3 is 9.88 Å². The van der Waals surface area contributed by atoms with Crippen molar-refractivity contribution in [3.63, 3.8) is 0 Å². The minimum absolute atomic E-state index is 0.0134. The molecule has 2 aromatic heterocycles. The van der Waals surface area contributed by atoms with Gasteiger partial charge in [0.1, 0.15) is 17.8 Å². The quantitative estimate of drug-likeness (QED) is 0.786. The normalized spacial score (nSPS) is 15.0. The summed E-state index contributed by atoms with van der Waals surface area (Å²) in [6, 6.07) is 4.35. The maximum Gasteiger partial charge on any atom is 0.267 e. The second-order valence-electron chi connectivity index (χ2n) is 5.18. The van der Waals surface area contributed by atoms with Crippen molar-refractivity contribution in [2.24, 2.45) is 0 Å². The van der Waals surface area contributed by atoms with Crippen LogP contribution in [0.3, 0.4) is 0 Å². The molecule has 6 heteroatoms. The number of carbonyl (C=O) groups is 1. The molecule has 3 rings (SSSR count). The van der Waals surface area contributed by atoms with Crippen LogP contribution in [0, 0.1) is 0 Å². The third kappa shape index (κ3) is 2.74. The molecule has 1 aliphatic carbocycles. The Hall–Kier alpha value is -2.11. The van der Waals surface area contributed by atoms with Gasteiger partial charge in [-0.25, -0.2) is 4.98 Å². The molecule has 6 nitrogen and oxygen atoms in total. The highest BCUT2D eigenvalue weighted by atomic mass is 16.1. The van der Waals surface area contributed by atoms with Gasteiger partial charge in [-0.05, 0) is 37.8 Å². The number of aromatic amines is 1. The van der Waals surface area contributed by atoms with Gasteiger partial charge in [0.05, 0.1) is 0 Å². The third-order valence-electron chi connectivity index (χ3n) is 3.82. The average Bonchev–Trinajstić information content (AvgIpc) is 3.03. The number of hydrogen-bond donors (Lipinski definition) is 2. The fraction of sp³-hybridized carbons (Fsp3) is 0.500. The van der Waals surface area contributed by atoms with Gasteiger partial charge >= 0.3 is 0 Å². The molecule has 2 N–H and O–H groups in total. The minimum atomic E-state index is 0.0134. The zero-order valence-electron chi connectivity index (χ0n) is 11.4. The van der Waals surface area contributed by atoms with Crippen LogP contribution < -0.4 is 5.32 Å². The maximum absolute atomic E-state index is 12.2. The van der Waals surface area contributed by atoms with Crippen LogP contribution in [0.2, 0.25) is 0 Å². The Kier molecular flexibility index (Phi) is 3.80. The molecule has 1 amide bonds. The molecule has 2 heterocycles. The fourth-order valence-electron chi connectivity index (χ4n) is 2.47. The monoisotopic (exact) mass is 273 g/mol. The highest BCUT2D eigenvalue weighted by Crippen LogP contribution is 2.32. The van der Waals surface area contributed by atoms with Crippen LogP contribution in [0.25, 0.3) is 0 Å². The smallest absolute Gasteiger partial charge is 0.267 e. The Balaban J connectivity index is 1.48. The first-order chi connectivity index (χ1) is 9.84. The van der Waals surface area contributed by atoms with Crippen LogP contribution in [0.1, 0.15) is 48.0 Å². The summed E-state index contributed by atoms with van der Waals surface area (Å²) in [6.07, 6.45) is 8.78. The Labute approximate surface area is 117 Å². The van der Waals surface area contributed by atoms with E-state index in [1.54, 1.807) is 0 Å². The minimum Gasteiger partial charge on any atom is -0.351 e. The lowest BCUT2D eigenvalue weighted by atomic mass is 9.93. The van der Waals surface area contributed by atoms with E-state index in [-0.39, 0.29) is 5.91 Å². The van der Waals surface area contributed by atoms with Crippen molar-refractivity contribution in [2.75, 3.05) is 6.54 Å². The number of amides is 1. The first-order valence-corrected chi connectivity index (χ1v) is 7.14. The summed E-state index contributed by atoms with van der Waals surface area (Å²) < 4.78 is 2.11. The number of nitrogens with zero attached hydrogens (tertiary/aromatic N) is 3. The second kappa shape index (κ2) is 5.90. The van der Waals surface area contributed by atoms with Crippen molar-refractivity contribution >= 4 is 5.91 Å². The van der Waals surface area contributed by atoms with Crippen LogP contribution in [0.15, 0.2) is 24.7 Å². The SMILES string of the molecule is O=C(NCCCc1ncn[nH]1)c1cccn1C1CCC1. The number of nitrogens with one attached hydrogen (secondary N) is 2. The molecular formula is C14H19N5O. The lowest BCUT2D eigenvalue weighted by Crippen LogP contribution is -2.29. The summed E-state index contributed by atoms with van der Waals surface area (Å²) in [6.45, 7) is 0.648. The van der Waals surface area contributed by atoms with E-state index >= 15 is 0 Å². The average molecular weight is 273 g/mol. The molecule has 0 radical (unpaired) electrons. The standard InChI is InChI=1S/C14H19N5O/c20-14(15-8-2-7-13-16-10-17-18-13)12-6-3-9-19(12)11-4-1-5-11/h3,6,9-11H,1-2,4-5,7-8H2,(H,15,20)(H,16,17,18). The Bertz CT molecular complexity index is 556. The van der Waals surface area contributed by atoms with Crippen LogP contribution in [-0.2, 0) is 6.42 Å².